The molecule has 1 heterocycles. The maximum atomic E-state index is 13.9. The lowest BCUT2D eigenvalue weighted by molar-refractivity contribution is 0.461. The minimum absolute atomic E-state index is 0.186. The van der Waals surface area contributed by atoms with Gasteiger partial charge in [0.15, 0.2) is 17.2 Å². The van der Waals surface area contributed by atoms with E-state index in [1.54, 1.807) is 18.2 Å². The van der Waals surface area contributed by atoms with Gasteiger partial charge >= 0.3 is 0 Å². The molecule has 0 aromatic heterocycles. The topological polar surface area (TPSA) is 46.3 Å². The van der Waals surface area contributed by atoms with Crippen LogP contribution in [0.3, 0.4) is 0 Å². The minimum atomic E-state index is -1.79. The molecule has 0 radical (unpaired) electrons. The monoisotopic (exact) mass is 322 g/mol. The Labute approximate surface area is 129 Å². The standard InChI is InChI=1S/C16H13F3N2O2/c1-3-21(4-2)8-5-6-9-10(7-8)23-16-13(19)15(22)12(18)11(17)14(16)20-9/h5-7H,3-4H2,1-2H3. The molecule has 120 valence electrons. The number of hydrogen-bond donors (Lipinski definition) is 0. The van der Waals surface area contributed by atoms with Crippen molar-refractivity contribution in [2.24, 2.45) is 0 Å². The minimum Gasteiger partial charge on any atom is -0.449 e. The zero-order valence-corrected chi connectivity index (χ0v) is 12.5. The van der Waals surface area contributed by atoms with E-state index >= 15 is 0 Å². The van der Waals surface area contributed by atoms with Gasteiger partial charge in [0.25, 0.3) is 5.43 Å². The van der Waals surface area contributed by atoms with E-state index in [9.17, 15) is 18.0 Å². The number of halogens is 3. The summed E-state index contributed by atoms with van der Waals surface area (Å²) in [7, 11) is 0. The highest BCUT2D eigenvalue weighted by Gasteiger charge is 2.27. The molecule has 0 saturated carbocycles. The molecule has 1 aromatic carbocycles. The van der Waals surface area contributed by atoms with Crippen LogP contribution in [-0.4, -0.2) is 18.1 Å². The molecule has 0 N–H and O–H groups in total. The fourth-order valence-corrected chi connectivity index (χ4v) is 2.49. The number of nitrogens with zero attached hydrogens (tertiary/aromatic N) is 2. The number of benzene rings is 2. The molecule has 0 atom stereocenters. The molecule has 1 aliphatic heterocycles. The van der Waals surface area contributed by atoms with Crippen molar-refractivity contribution in [2.45, 2.75) is 13.8 Å². The van der Waals surface area contributed by atoms with E-state index in [2.05, 4.69) is 4.98 Å². The van der Waals surface area contributed by atoms with Crippen LogP contribution in [0.2, 0.25) is 0 Å². The van der Waals surface area contributed by atoms with Crippen LogP contribution in [0, 0.1) is 17.5 Å². The zero-order chi connectivity index (χ0) is 16.7. The third-order valence-corrected chi connectivity index (χ3v) is 3.73. The maximum absolute atomic E-state index is 13.9. The summed E-state index contributed by atoms with van der Waals surface area (Å²) in [4.78, 5) is 17.2. The molecule has 3 rings (SSSR count). The Morgan fingerprint density at radius 3 is 2.43 bits per heavy atom. The Hall–Kier alpha value is -2.57. The van der Waals surface area contributed by atoms with Crippen molar-refractivity contribution in [3.63, 3.8) is 0 Å². The normalized spacial score (nSPS) is 11.3. The van der Waals surface area contributed by atoms with Crippen LogP contribution in [0.4, 0.5) is 18.9 Å². The van der Waals surface area contributed by atoms with Gasteiger partial charge in [-0.2, -0.15) is 8.78 Å². The average Bonchev–Trinajstić information content (AvgIpc) is 2.57. The van der Waals surface area contributed by atoms with Crippen molar-refractivity contribution in [3.05, 3.63) is 45.9 Å². The molecule has 23 heavy (non-hydrogen) atoms. The SMILES string of the molecule is CCN(CC)c1ccc2nc3c(F)c(F)c(=O)c(F)c-3oc2c1. The zero-order valence-electron chi connectivity index (χ0n) is 12.5. The number of anilines is 1. The van der Waals surface area contributed by atoms with Gasteiger partial charge in [0.05, 0.1) is 0 Å². The molecule has 1 aromatic rings. The first-order valence-electron chi connectivity index (χ1n) is 7.13. The highest BCUT2D eigenvalue weighted by atomic mass is 19.2. The van der Waals surface area contributed by atoms with Crippen molar-refractivity contribution in [1.82, 2.24) is 4.98 Å². The first-order valence-corrected chi connectivity index (χ1v) is 7.13. The summed E-state index contributed by atoms with van der Waals surface area (Å²) in [5.41, 5.74) is -1.06. The maximum Gasteiger partial charge on any atom is 0.256 e. The van der Waals surface area contributed by atoms with Crippen molar-refractivity contribution in [1.29, 1.82) is 0 Å². The van der Waals surface area contributed by atoms with Crippen LogP contribution in [0.1, 0.15) is 13.8 Å². The lowest BCUT2D eigenvalue weighted by Crippen LogP contribution is -2.21. The largest absolute Gasteiger partial charge is 0.449 e. The first-order chi connectivity index (χ1) is 11.0. The highest BCUT2D eigenvalue weighted by Crippen LogP contribution is 2.31. The van der Waals surface area contributed by atoms with Crippen molar-refractivity contribution in [2.75, 3.05) is 18.0 Å². The number of hydrogen-bond acceptors (Lipinski definition) is 4. The van der Waals surface area contributed by atoms with Crippen LogP contribution >= 0.6 is 0 Å². The van der Waals surface area contributed by atoms with Gasteiger partial charge < -0.3 is 9.32 Å². The molecule has 4 nitrogen and oxygen atoms in total. The van der Waals surface area contributed by atoms with Crippen LogP contribution in [0.25, 0.3) is 22.6 Å². The van der Waals surface area contributed by atoms with Gasteiger partial charge in [-0.15, -0.1) is 0 Å². The Morgan fingerprint density at radius 1 is 1.09 bits per heavy atom. The molecule has 0 unspecified atom stereocenters. The van der Waals surface area contributed by atoms with Crippen LogP contribution in [-0.2, 0) is 0 Å². The van der Waals surface area contributed by atoms with Gasteiger partial charge in [-0.05, 0) is 26.0 Å². The van der Waals surface area contributed by atoms with Gasteiger partial charge in [-0.1, -0.05) is 0 Å². The summed E-state index contributed by atoms with van der Waals surface area (Å²) in [5.74, 6) is -5.47. The second kappa shape index (κ2) is 5.57. The van der Waals surface area contributed by atoms with Crippen LogP contribution in [0.5, 0.6) is 0 Å². The third-order valence-electron chi connectivity index (χ3n) is 3.73. The average molecular weight is 322 g/mol. The molecule has 2 aliphatic rings. The van der Waals surface area contributed by atoms with E-state index < -0.39 is 34.3 Å². The Bertz CT molecular complexity index is 919. The van der Waals surface area contributed by atoms with E-state index in [4.69, 9.17) is 4.42 Å². The molecule has 0 fully saturated rings. The number of rotatable bonds is 3. The fourth-order valence-electron chi connectivity index (χ4n) is 2.49. The summed E-state index contributed by atoms with van der Waals surface area (Å²) >= 11 is 0. The molecule has 0 saturated heterocycles. The smallest absolute Gasteiger partial charge is 0.256 e. The van der Waals surface area contributed by atoms with Gasteiger partial charge in [0.1, 0.15) is 11.2 Å². The summed E-state index contributed by atoms with van der Waals surface area (Å²) in [6.45, 7) is 5.46. The lowest BCUT2D eigenvalue weighted by Gasteiger charge is -2.21. The van der Waals surface area contributed by atoms with E-state index in [0.29, 0.717) is 0 Å². The number of fused-ring (bicyclic) bond motifs is 2. The molecule has 0 spiro atoms. The summed E-state index contributed by atoms with van der Waals surface area (Å²) < 4.78 is 46.4. The van der Waals surface area contributed by atoms with Crippen LogP contribution in [0.15, 0.2) is 27.4 Å². The van der Waals surface area contributed by atoms with Gasteiger partial charge in [-0.25, -0.2) is 9.37 Å². The van der Waals surface area contributed by atoms with Crippen molar-refractivity contribution in [3.8, 4) is 11.5 Å². The van der Waals surface area contributed by atoms with Gasteiger partial charge in [0.2, 0.25) is 11.6 Å². The molecular weight excluding hydrogens is 309 g/mol. The predicted molar refractivity (Wildman–Crippen MR) is 80.3 cm³/mol. The molecule has 0 bridgehead atoms. The Balaban J connectivity index is 2.33. The van der Waals surface area contributed by atoms with Crippen molar-refractivity contribution < 1.29 is 17.6 Å². The molecular formula is C16H13F3N2O2. The number of aromatic nitrogens is 1. The second-order valence-corrected chi connectivity index (χ2v) is 4.99. The Morgan fingerprint density at radius 2 is 1.78 bits per heavy atom. The highest BCUT2D eigenvalue weighted by molar-refractivity contribution is 5.80. The quantitative estimate of drug-likeness (QED) is 0.546. The predicted octanol–water partition coefficient (Wildman–Crippen LogP) is 3.56. The lowest BCUT2D eigenvalue weighted by atomic mass is 10.2. The second-order valence-electron chi connectivity index (χ2n) is 4.99. The first kappa shape index (κ1) is 15.3. The van der Waals surface area contributed by atoms with E-state index in [0.717, 1.165) is 18.8 Å². The molecule has 7 heteroatoms. The van der Waals surface area contributed by atoms with E-state index in [1.807, 2.05) is 18.7 Å². The van der Waals surface area contributed by atoms with E-state index in [1.165, 1.54) is 0 Å². The van der Waals surface area contributed by atoms with Crippen molar-refractivity contribution >= 4 is 16.8 Å². The molecule has 0 amide bonds. The Kier molecular flexibility index (Phi) is 3.71. The molecule has 1 aliphatic carbocycles. The summed E-state index contributed by atoms with van der Waals surface area (Å²) in [5, 5.41) is 0. The van der Waals surface area contributed by atoms with Gasteiger partial charge in [0, 0.05) is 24.8 Å². The fraction of sp³-hybridized carbons (Fsp3) is 0.250. The summed E-state index contributed by atoms with van der Waals surface area (Å²) in [6.07, 6.45) is 0. The van der Waals surface area contributed by atoms with E-state index in [-0.39, 0.29) is 11.1 Å². The van der Waals surface area contributed by atoms with Crippen LogP contribution < -0.4 is 10.3 Å². The summed E-state index contributed by atoms with van der Waals surface area (Å²) in [6, 6.07) is 4.96. The third kappa shape index (κ3) is 2.32. The van der Waals surface area contributed by atoms with Gasteiger partial charge in [-0.3, -0.25) is 4.79 Å².